The van der Waals surface area contributed by atoms with Gasteiger partial charge in [0.25, 0.3) is 0 Å². The number of unbranched alkanes of at least 4 members (excludes halogenated alkanes) is 4. The Labute approximate surface area is 161 Å². The number of hydrogen-bond donors (Lipinski definition) is 0. The molecular weight excluding hydrogens is 338 g/mol. The summed E-state index contributed by atoms with van der Waals surface area (Å²) in [5, 5.41) is 0. The number of rotatable bonds is 7. The summed E-state index contributed by atoms with van der Waals surface area (Å²) in [6.45, 7) is 7.76. The van der Waals surface area contributed by atoms with E-state index < -0.39 is 5.60 Å². The fourth-order valence-electron chi connectivity index (χ4n) is 3.75. The van der Waals surface area contributed by atoms with Crippen LogP contribution in [0.25, 0.3) is 11.1 Å². The minimum Gasteiger partial charge on any atom is -0.482 e. The van der Waals surface area contributed by atoms with Crippen LogP contribution in [-0.4, -0.2) is 11.0 Å². The van der Waals surface area contributed by atoms with Crippen LogP contribution < -0.4 is 9.47 Å². The van der Waals surface area contributed by atoms with Gasteiger partial charge >= 0.3 is 5.97 Å². The lowest BCUT2D eigenvalue weighted by Gasteiger charge is -2.35. The topological polar surface area (TPSA) is 48.4 Å². The molecule has 0 unspecified atom stereocenters. The molecule has 3 rings (SSSR count). The summed E-state index contributed by atoms with van der Waals surface area (Å²) < 4.78 is 11.9. The highest BCUT2D eigenvalue weighted by atomic mass is 16.5. The zero-order chi connectivity index (χ0) is 19.4. The lowest BCUT2D eigenvalue weighted by Crippen LogP contribution is -2.29. The normalized spacial score (nSPS) is 14.1. The number of fused-ring (bicyclic) bond motifs is 3. The molecule has 0 radical (unpaired) electrons. The van der Waals surface area contributed by atoms with Gasteiger partial charge in [-0.15, -0.1) is 0 Å². The van der Waals surface area contributed by atoms with E-state index in [4.69, 9.17) is 9.47 Å². The van der Waals surface area contributed by atoms with E-state index in [0.29, 0.717) is 5.75 Å². The average Bonchev–Trinajstić information content (AvgIpc) is 2.60. The van der Waals surface area contributed by atoms with E-state index in [-0.39, 0.29) is 5.97 Å². The highest BCUT2D eigenvalue weighted by molar-refractivity contribution is 5.84. The van der Waals surface area contributed by atoms with Crippen molar-refractivity contribution < 1.29 is 14.3 Å². The van der Waals surface area contributed by atoms with Crippen molar-refractivity contribution in [1.82, 2.24) is 4.98 Å². The molecule has 0 saturated heterocycles. The fourth-order valence-corrected chi connectivity index (χ4v) is 3.75. The molecule has 0 N–H and O–H groups in total. The monoisotopic (exact) mass is 367 g/mol. The standard InChI is InChI=1S/C23H29NO3/c1-5-6-7-8-9-10-17-13-20(26-16(2)25)22-18-15-24-12-11-19(18)23(3,4)27-21(22)14-17/h11-15H,5-10H2,1-4H3. The summed E-state index contributed by atoms with van der Waals surface area (Å²) in [6.07, 6.45) is 10.7. The van der Waals surface area contributed by atoms with Crippen LogP contribution in [0, 0.1) is 0 Å². The Morgan fingerprint density at radius 3 is 2.70 bits per heavy atom. The number of aryl methyl sites for hydroxylation is 1. The molecule has 1 aromatic carbocycles. The molecule has 0 fully saturated rings. The van der Waals surface area contributed by atoms with Gasteiger partial charge in [0.1, 0.15) is 17.1 Å². The van der Waals surface area contributed by atoms with Gasteiger partial charge < -0.3 is 9.47 Å². The molecule has 0 bridgehead atoms. The summed E-state index contributed by atoms with van der Waals surface area (Å²) in [7, 11) is 0. The van der Waals surface area contributed by atoms with Crippen molar-refractivity contribution in [1.29, 1.82) is 0 Å². The van der Waals surface area contributed by atoms with Crippen LogP contribution in [0.2, 0.25) is 0 Å². The average molecular weight is 367 g/mol. The van der Waals surface area contributed by atoms with E-state index in [1.54, 1.807) is 6.20 Å². The van der Waals surface area contributed by atoms with E-state index in [0.717, 1.165) is 40.8 Å². The largest absolute Gasteiger partial charge is 0.482 e. The van der Waals surface area contributed by atoms with Gasteiger partial charge in [-0.2, -0.15) is 0 Å². The molecule has 1 aromatic heterocycles. The van der Waals surface area contributed by atoms with Crippen LogP contribution in [-0.2, 0) is 16.8 Å². The van der Waals surface area contributed by atoms with Crippen molar-refractivity contribution in [3.05, 3.63) is 41.7 Å². The number of ether oxygens (including phenoxy) is 2. The first kappa shape index (κ1) is 19.4. The number of esters is 1. The van der Waals surface area contributed by atoms with Gasteiger partial charge in [-0.3, -0.25) is 9.78 Å². The Bertz CT molecular complexity index is 826. The third kappa shape index (κ3) is 4.32. The Morgan fingerprint density at radius 2 is 1.96 bits per heavy atom. The van der Waals surface area contributed by atoms with Crippen molar-refractivity contribution in [2.24, 2.45) is 0 Å². The van der Waals surface area contributed by atoms with Gasteiger partial charge in [0.2, 0.25) is 0 Å². The van der Waals surface area contributed by atoms with Crippen LogP contribution in [0.15, 0.2) is 30.6 Å². The molecular formula is C23H29NO3. The fraction of sp³-hybridized carbons (Fsp3) is 0.478. The number of nitrogens with zero attached hydrogens (tertiary/aromatic N) is 1. The van der Waals surface area contributed by atoms with E-state index in [1.165, 1.54) is 32.6 Å². The van der Waals surface area contributed by atoms with Gasteiger partial charge in [0.05, 0.1) is 5.56 Å². The van der Waals surface area contributed by atoms with Crippen LogP contribution in [0.3, 0.4) is 0 Å². The van der Waals surface area contributed by atoms with Crippen molar-refractivity contribution in [3.8, 4) is 22.6 Å². The maximum atomic E-state index is 11.7. The van der Waals surface area contributed by atoms with E-state index >= 15 is 0 Å². The maximum absolute atomic E-state index is 11.7. The minimum absolute atomic E-state index is 0.326. The third-order valence-electron chi connectivity index (χ3n) is 5.05. The molecule has 1 aliphatic rings. The molecule has 0 aliphatic carbocycles. The molecule has 0 spiro atoms. The predicted molar refractivity (Wildman–Crippen MR) is 107 cm³/mol. The second-order valence-corrected chi connectivity index (χ2v) is 7.76. The lowest BCUT2D eigenvalue weighted by atomic mass is 9.86. The Kier molecular flexibility index (Phi) is 5.83. The summed E-state index contributed by atoms with van der Waals surface area (Å²) in [6, 6.07) is 6.05. The second kappa shape index (κ2) is 8.12. The third-order valence-corrected chi connectivity index (χ3v) is 5.05. The van der Waals surface area contributed by atoms with Crippen molar-refractivity contribution in [2.45, 2.75) is 71.8 Å². The van der Waals surface area contributed by atoms with E-state index in [9.17, 15) is 4.79 Å². The molecule has 0 atom stereocenters. The first-order valence-corrected chi connectivity index (χ1v) is 9.91. The minimum atomic E-state index is -0.460. The van der Waals surface area contributed by atoms with Gasteiger partial charge in [-0.1, -0.05) is 32.6 Å². The quantitative estimate of drug-likeness (QED) is 0.352. The van der Waals surface area contributed by atoms with Gasteiger partial charge in [0.15, 0.2) is 0 Å². The maximum Gasteiger partial charge on any atom is 0.308 e. The summed E-state index contributed by atoms with van der Waals surface area (Å²) >= 11 is 0. The van der Waals surface area contributed by atoms with E-state index in [2.05, 4.69) is 31.8 Å². The molecule has 0 saturated carbocycles. The zero-order valence-corrected chi connectivity index (χ0v) is 16.8. The Balaban J connectivity index is 1.98. The summed E-state index contributed by atoms with van der Waals surface area (Å²) in [5.74, 6) is 1.00. The predicted octanol–water partition coefficient (Wildman–Crippen LogP) is 5.81. The van der Waals surface area contributed by atoms with Crippen LogP contribution in [0.1, 0.15) is 70.9 Å². The summed E-state index contributed by atoms with van der Waals surface area (Å²) in [5.41, 5.74) is 3.52. The smallest absolute Gasteiger partial charge is 0.308 e. The number of hydrogen-bond acceptors (Lipinski definition) is 4. The van der Waals surface area contributed by atoms with Crippen LogP contribution in [0.5, 0.6) is 11.5 Å². The van der Waals surface area contributed by atoms with Crippen LogP contribution >= 0.6 is 0 Å². The highest BCUT2D eigenvalue weighted by Gasteiger charge is 2.35. The number of carbonyl (C=O) groups excluding carboxylic acids is 1. The lowest BCUT2D eigenvalue weighted by molar-refractivity contribution is -0.131. The Morgan fingerprint density at radius 1 is 1.19 bits per heavy atom. The van der Waals surface area contributed by atoms with Gasteiger partial charge in [0, 0.05) is 30.4 Å². The second-order valence-electron chi connectivity index (χ2n) is 7.76. The van der Waals surface area contributed by atoms with Crippen molar-refractivity contribution in [3.63, 3.8) is 0 Å². The summed E-state index contributed by atoms with van der Waals surface area (Å²) in [4.78, 5) is 16.0. The molecule has 144 valence electrons. The van der Waals surface area contributed by atoms with Crippen LogP contribution in [0.4, 0.5) is 0 Å². The molecule has 27 heavy (non-hydrogen) atoms. The number of carbonyl (C=O) groups is 1. The van der Waals surface area contributed by atoms with Crippen molar-refractivity contribution in [2.75, 3.05) is 0 Å². The van der Waals surface area contributed by atoms with E-state index in [1.807, 2.05) is 18.3 Å². The van der Waals surface area contributed by atoms with Crippen molar-refractivity contribution >= 4 is 5.97 Å². The molecule has 4 heteroatoms. The number of aromatic nitrogens is 1. The molecule has 2 aromatic rings. The first-order chi connectivity index (χ1) is 12.9. The van der Waals surface area contributed by atoms with Gasteiger partial charge in [-0.25, -0.2) is 0 Å². The molecule has 2 heterocycles. The molecule has 0 amide bonds. The number of pyridine rings is 1. The highest BCUT2D eigenvalue weighted by Crippen LogP contribution is 2.49. The Hall–Kier alpha value is -2.36. The molecule has 4 nitrogen and oxygen atoms in total. The SMILES string of the molecule is CCCCCCCc1cc(OC(C)=O)c2c(c1)OC(C)(C)c1ccncc1-2. The number of benzene rings is 1. The first-order valence-electron chi connectivity index (χ1n) is 9.91. The van der Waals surface area contributed by atoms with Gasteiger partial charge in [-0.05, 0) is 50.5 Å². The molecule has 1 aliphatic heterocycles. The zero-order valence-electron chi connectivity index (χ0n) is 16.8.